The van der Waals surface area contributed by atoms with Gasteiger partial charge in [0.25, 0.3) is 0 Å². The second kappa shape index (κ2) is 33.0. The van der Waals surface area contributed by atoms with E-state index in [-0.39, 0.29) is 17.0 Å². The van der Waals surface area contributed by atoms with Crippen molar-refractivity contribution in [2.24, 2.45) is 0 Å². The largest absolute Gasteiger partial charge is 0.345 e. The van der Waals surface area contributed by atoms with Crippen molar-refractivity contribution in [2.75, 3.05) is 21.7 Å². The van der Waals surface area contributed by atoms with Gasteiger partial charge in [0.05, 0.1) is 0 Å². The molecule has 14 aromatic rings. The lowest BCUT2D eigenvalue weighted by Gasteiger charge is -2.33. The van der Waals surface area contributed by atoms with E-state index in [1.165, 1.54) is 44.5 Å². The Morgan fingerprint density at radius 2 is 0.541 bits per heavy atom. The number of anilines is 8. The molecule has 16 rings (SSSR count). The van der Waals surface area contributed by atoms with Gasteiger partial charge in [0.2, 0.25) is 0 Å². The van der Waals surface area contributed by atoms with Crippen LogP contribution in [0.25, 0.3) is 66.8 Å². The van der Waals surface area contributed by atoms with Crippen LogP contribution in [-0.2, 0) is 33.3 Å². The molecule has 0 spiro atoms. The van der Waals surface area contributed by atoms with Crippen molar-refractivity contribution >= 4 is 57.1 Å². The normalized spacial score (nSPS) is 12.7. The molecule has 0 radical (unpaired) electrons. The van der Waals surface area contributed by atoms with Gasteiger partial charge < -0.3 is 14.7 Å². The third-order valence-corrected chi connectivity index (χ3v) is 23.5. The summed E-state index contributed by atoms with van der Waals surface area (Å²) in [6, 6.07) is 125. The molecule has 0 bridgehead atoms. The molecule has 0 N–H and O–H groups in total. The number of hydrogen-bond donors (Lipinski definition) is 0. The minimum atomic E-state index is -1.48. The molecule has 0 aromatic heterocycles. The highest BCUT2D eigenvalue weighted by Gasteiger charge is 2.54. The fourth-order valence-corrected chi connectivity index (χ4v) is 17.7. The molecule has 14 aromatic carbocycles. The van der Waals surface area contributed by atoms with Crippen molar-refractivity contribution in [1.29, 1.82) is 0 Å². The van der Waals surface area contributed by atoms with Crippen LogP contribution in [0.4, 0.5) is 45.5 Å². The summed E-state index contributed by atoms with van der Waals surface area (Å²) >= 11 is 0. The highest BCUT2D eigenvalue weighted by Crippen LogP contribution is 2.56. The number of carbonyl (C=O) groups excluding carboxylic acids is 2. The molecule has 0 unspecified atom stereocenters. The zero-order valence-electron chi connectivity index (χ0n) is 64.5. The minimum Gasteiger partial charge on any atom is -0.345 e. The lowest BCUT2D eigenvalue weighted by molar-refractivity contribution is -0.133. The number of carbonyl (C=O) groups is 2. The molecule has 111 heavy (non-hydrogen) atoms. The summed E-state index contributed by atoms with van der Waals surface area (Å²) in [6.07, 6.45) is 12.4. The van der Waals surface area contributed by atoms with Crippen LogP contribution in [0.1, 0.15) is 130 Å². The standard InChI is InChI=1S/C106H97N3O2/c1-5-7-9-11-28-40-103(110)106(104(111)41-29-12-10-8-6-2)101-72-85(82-49-62-93(63-50-82)108(89-36-24-16-25-37-89)91-58-45-80(46-59-91)79-43-56-88(57-44-79)107(4)87-34-22-15-23-35-87)54-68-97(101)98-69-55-86(73-102(98)106)83-51-64-94(65-52-83)109(90-38-26-17-27-39-90)92-60-47-81(48-61-92)84-53-67-96-95-66-42-76(3)70-99(95)105(100(96)71-84,74-77-30-18-13-19-31-77)75-78-32-20-14-21-33-78/h13-27,30-39,42-73H,5-12,28-29,40-41,74-75H2,1-4H3. The van der Waals surface area contributed by atoms with Crippen LogP contribution in [0.2, 0.25) is 0 Å². The lowest BCUT2D eigenvalue weighted by atomic mass is 9.68. The third kappa shape index (κ3) is 14.9. The van der Waals surface area contributed by atoms with Crippen LogP contribution in [0, 0.1) is 6.92 Å². The van der Waals surface area contributed by atoms with Gasteiger partial charge in [0.15, 0.2) is 11.6 Å². The number of rotatable bonds is 30. The summed E-state index contributed by atoms with van der Waals surface area (Å²) in [6.45, 7) is 6.68. The predicted octanol–water partition coefficient (Wildman–Crippen LogP) is 28.2. The molecule has 5 nitrogen and oxygen atoms in total. The fraction of sp³-hybridized carbons (Fsp3) is 0.189. The van der Waals surface area contributed by atoms with Gasteiger partial charge in [0, 0.05) is 70.8 Å². The monoisotopic (exact) mass is 1440 g/mol. The van der Waals surface area contributed by atoms with Crippen LogP contribution in [0.3, 0.4) is 0 Å². The number of para-hydroxylation sites is 3. The molecule has 0 amide bonds. The molecular formula is C106H97N3O2. The Labute approximate surface area is 657 Å². The van der Waals surface area contributed by atoms with Crippen LogP contribution < -0.4 is 14.7 Å². The molecule has 0 atom stereocenters. The molecule has 2 aliphatic rings. The van der Waals surface area contributed by atoms with E-state index in [0.29, 0.717) is 12.8 Å². The van der Waals surface area contributed by atoms with Gasteiger partial charge in [-0.2, -0.15) is 0 Å². The van der Waals surface area contributed by atoms with E-state index in [1.807, 2.05) is 6.07 Å². The maximum Gasteiger partial charge on any atom is 0.155 e. The van der Waals surface area contributed by atoms with Crippen molar-refractivity contribution in [3.8, 4) is 66.8 Å². The van der Waals surface area contributed by atoms with Crippen molar-refractivity contribution < 1.29 is 9.59 Å². The Morgan fingerprint density at radius 3 is 0.910 bits per heavy atom. The number of hydrogen-bond acceptors (Lipinski definition) is 5. The molecule has 0 saturated carbocycles. The fourth-order valence-electron chi connectivity index (χ4n) is 17.7. The van der Waals surface area contributed by atoms with Crippen LogP contribution in [-0.4, -0.2) is 18.6 Å². The Hall–Kier alpha value is -12.2. The quantitative estimate of drug-likeness (QED) is 0.0332. The Kier molecular flexibility index (Phi) is 21.7. The van der Waals surface area contributed by atoms with Crippen molar-refractivity contribution in [3.05, 3.63) is 385 Å². The summed E-state index contributed by atoms with van der Waals surface area (Å²) in [4.78, 5) is 39.0. The second-order valence-electron chi connectivity index (χ2n) is 30.6. The first-order valence-electron chi connectivity index (χ1n) is 40.3. The number of benzene rings is 14. The number of nitrogens with zero attached hydrogens (tertiary/aromatic N) is 3. The maximum absolute atomic E-state index is 16.1. The van der Waals surface area contributed by atoms with E-state index in [4.69, 9.17) is 0 Å². The third-order valence-electron chi connectivity index (χ3n) is 23.5. The molecular weight excluding hydrogens is 1350 g/mol. The molecule has 2 aliphatic carbocycles. The molecule has 0 saturated heterocycles. The highest BCUT2D eigenvalue weighted by atomic mass is 16.2. The van der Waals surface area contributed by atoms with Gasteiger partial charge in [-0.3, -0.25) is 9.59 Å². The second-order valence-corrected chi connectivity index (χ2v) is 30.6. The van der Waals surface area contributed by atoms with Gasteiger partial charge in [-0.1, -0.05) is 301 Å². The Bertz CT molecular complexity index is 5460. The topological polar surface area (TPSA) is 43.9 Å². The number of Topliss-reactive ketones (excluding diaryl/α,β-unsaturated/α-hetero) is 2. The van der Waals surface area contributed by atoms with Crippen molar-refractivity contribution in [3.63, 3.8) is 0 Å². The predicted molar refractivity (Wildman–Crippen MR) is 466 cm³/mol. The summed E-state index contributed by atoms with van der Waals surface area (Å²) < 4.78 is 0. The Balaban J connectivity index is 0.719. The van der Waals surface area contributed by atoms with Gasteiger partial charge in [-0.05, 0) is 248 Å². The Morgan fingerprint density at radius 1 is 0.270 bits per heavy atom. The van der Waals surface area contributed by atoms with E-state index in [0.717, 1.165) is 184 Å². The van der Waals surface area contributed by atoms with E-state index in [9.17, 15) is 0 Å². The zero-order chi connectivity index (χ0) is 75.7. The van der Waals surface area contributed by atoms with E-state index >= 15 is 9.59 Å². The first-order valence-corrected chi connectivity index (χ1v) is 40.3. The van der Waals surface area contributed by atoms with Crippen molar-refractivity contribution in [2.45, 2.75) is 121 Å². The van der Waals surface area contributed by atoms with Crippen molar-refractivity contribution in [1.82, 2.24) is 0 Å². The summed E-state index contributed by atoms with van der Waals surface area (Å²) in [5.74, 6) is 0.0191. The number of unbranched alkanes of at least 4 members (excludes halogenated alkanes) is 8. The molecule has 0 heterocycles. The SMILES string of the molecule is CCCCCCCC(=O)C1(C(=O)CCCCCCC)c2cc(-c3ccc(N(c4ccccc4)c4ccc(-c5ccc(N(C)c6ccccc6)cc5)cc4)cc3)ccc2-c2ccc(-c3ccc(N(c4ccccc4)c4ccc(-c5ccc6c(c5)C(Cc5ccccc5)(Cc5ccccc5)c5cc(C)ccc5-6)cc4)cc3)cc21. The van der Waals surface area contributed by atoms with Crippen LogP contribution >= 0.6 is 0 Å². The summed E-state index contributed by atoms with van der Waals surface area (Å²) in [5, 5.41) is 0. The number of fused-ring (bicyclic) bond motifs is 6. The number of aryl methyl sites for hydroxylation is 1. The highest BCUT2D eigenvalue weighted by molar-refractivity contribution is 6.21. The lowest BCUT2D eigenvalue weighted by Crippen LogP contribution is -2.43. The first-order chi connectivity index (χ1) is 54.6. The average molecular weight is 1440 g/mol. The smallest absolute Gasteiger partial charge is 0.155 e. The summed E-state index contributed by atoms with van der Waals surface area (Å²) in [5.41, 5.74) is 28.2. The molecule has 0 fully saturated rings. The molecule has 5 heteroatoms. The summed E-state index contributed by atoms with van der Waals surface area (Å²) in [7, 11) is 2.10. The minimum absolute atomic E-state index is 0.00955. The van der Waals surface area contributed by atoms with E-state index in [2.05, 4.69) is 382 Å². The van der Waals surface area contributed by atoms with Crippen LogP contribution in [0.5, 0.6) is 0 Å². The molecule has 548 valence electrons. The number of ketones is 2. The van der Waals surface area contributed by atoms with Crippen LogP contribution in [0.15, 0.2) is 346 Å². The van der Waals surface area contributed by atoms with Gasteiger partial charge in [0.1, 0.15) is 5.41 Å². The first kappa shape index (κ1) is 73.0. The van der Waals surface area contributed by atoms with E-state index in [1.54, 1.807) is 0 Å². The average Bonchev–Trinajstić information content (AvgIpc) is 1.56. The van der Waals surface area contributed by atoms with Gasteiger partial charge in [-0.25, -0.2) is 0 Å². The maximum atomic E-state index is 16.1. The van der Waals surface area contributed by atoms with E-state index < -0.39 is 5.41 Å². The van der Waals surface area contributed by atoms with Gasteiger partial charge >= 0.3 is 0 Å². The van der Waals surface area contributed by atoms with Gasteiger partial charge in [-0.15, -0.1) is 0 Å². The zero-order valence-corrected chi connectivity index (χ0v) is 64.5. The molecule has 0 aliphatic heterocycles.